The Balaban J connectivity index is 1.27. The first-order chi connectivity index (χ1) is 14.6. The number of amides is 1. The van der Waals surface area contributed by atoms with Crippen LogP contribution in [0.1, 0.15) is 11.1 Å². The highest BCUT2D eigenvalue weighted by molar-refractivity contribution is 5.81. The van der Waals surface area contributed by atoms with Crippen molar-refractivity contribution in [3.05, 3.63) is 88.5 Å². The molecule has 2 heterocycles. The Morgan fingerprint density at radius 3 is 2.83 bits per heavy atom. The van der Waals surface area contributed by atoms with Crippen LogP contribution in [-0.4, -0.2) is 28.8 Å². The summed E-state index contributed by atoms with van der Waals surface area (Å²) in [7, 11) is 0. The van der Waals surface area contributed by atoms with Gasteiger partial charge in [-0.3, -0.25) is 4.79 Å². The first-order valence-corrected chi connectivity index (χ1v) is 9.61. The van der Waals surface area contributed by atoms with E-state index >= 15 is 0 Å². The van der Waals surface area contributed by atoms with Crippen LogP contribution in [-0.2, 0) is 11.2 Å². The molecule has 0 saturated carbocycles. The normalized spacial score (nSPS) is 10.8. The monoisotopic (exact) mass is 403 g/mol. The fourth-order valence-corrected chi connectivity index (χ4v) is 3.15. The zero-order chi connectivity index (χ0) is 20.9. The van der Waals surface area contributed by atoms with Crippen molar-refractivity contribution in [2.45, 2.75) is 13.3 Å². The van der Waals surface area contributed by atoms with Crippen LogP contribution >= 0.6 is 0 Å². The first-order valence-electron chi connectivity index (χ1n) is 9.61. The number of hydrogen-bond donors (Lipinski definition) is 1. The standard InChI is InChI=1S/C23H21N3O4/c1-16-11-23(28)30-21-12-19(7-8-20(16)21)29-15-22(27)24-10-9-17-13-25-26(14-17)18-5-3-2-4-6-18/h2-8,11-14H,9-10,15H2,1H3,(H,24,27). The Labute approximate surface area is 172 Å². The highest BCUT2D eigenvalue weighted by atomic mass is 16.5. The summed E-state index contributed by atoms with van der Waals surface area (Å²) < 4.78 is 12.5. The van der Waals surface area contributed by atoms with Crippen LogP contribution in [0.2, 0.25) is 0 Å². The van der Waals surface area contributed by atoms with Crippen LogP contribution in [0.3, 0.4) is 0 Å². The smallest absolute Gasteiger partial charge is 0.336 e. The molecule has 0 atom stereocenters. The van der Waals surface area contributed by atoms with E-state index in [2.05, 4.69) is 10.4 Å². The number of nitrogens with zero attached hydrogens (tertiary/aromatic N) is 2. The lowest BCUT2D eigenvalue weighted by Crippen LogP contribution is -2.30. The third-order valence-corrected chi connectivity index (χ3v) is 4.69. The van der Waals surface area contributed by atoms with Crippen molar-refractivity contribution in [1.29, 1.82) is 0 Å². The van der Waals surface area contributed by atoms with Gasteiger partial charge in [-0.2, -0.15) is 5.10 Å². The maximum absolute atomic E-state index is 12.1. The van der Waals surface area contributed by atoms with Crippen molar-refractivity contribution in [3.63, 3.8) is 0 Å². The lowest BCUT2D eigenvalue weighted by atomic mass is 10.1. The molecular formula is C23H21N3O4. The molecule has 7 heteroatoms. The van der Waals surface area contributed by atoms with Crippen LogP contribution in [0.15, 0.2) is 76.2 Å². The number of nitrogens with one attached hydrogen (secondary N) is 1. The second kappa shape index (κ2) is 8.65. The minimum absolute atomic E-state index is 0.120. The number of carbonyl (C=O) groups is 1. The molecule has 0 fully saturated rings. The molecule has 0 unspecified atom stereocenters. The molecule has 4 rings (SSSR count). The molecule has 2 aromatic heterocycles. The van der Waals surface area contributed by atoms with Gasteiger partial charge in [0.1, 0.15) is 11.3 Å². The number of hydrogen-bond acceptors (Lipinski definition) is 5. The molecule has 0 radical (unpaired) electrons. The highest BCUT2D eigenvalue weighted by Gasteiger charge is 2.07. The predicted molar refractivity (Wildman–Crippen MR) is 113 cm³/mol. The summed E-state index contributed by atoms with van der Waals surface area (Å²) in [5.41, 5.74) is 2.88. The van der Waals surface area contributed by atoms with Crippen molar-refractivity contribution in [2.24, 2.45) is 0 Å². The third kappa shape index (κ3) is 4.57. The minimum atomic E-state index is -0.412. The van der Waals surface area contributed by atoms with Crippen LogP contribution < -0.4 is 15.7 Å². The zero-order valence-electron chi connectivity index (χ0n) is 16.5. The van der Waals surface area contributed by atoms with E-state index in [0.29, 0.717) is 24.3 Å². The maximum atomic E-state index is 12.1. The Kier molecular flexibility index (Phi) is 5.61. The number of benzene rings is 2. The average molecular weight is 403 g/mol. The number of aryl methyl sites for hydroxylation is 1. The largest absolute Gasteiger partial charge is 0.484 e. The van der Waals surface area contributed by atoms with Crippen LogP contribution in [0.4, 0.5) is 0 Å². The van der Waals surface area contributed by atoms with Crippen molar-refractivity contribution in [1.82, 2.24) is 15.1 Å². The number of para-hydroxylation sites is 1. The predicted octanol–water partition coefficient (Wildman–Crippen LogP) is 3.02. The van der Waals surface area contributed by atoms with E-state index in [-0.39, 0.29) is 12.5 Å². The molecule has 0 aliphatic rings. The zero-order valence-corrected chi connectivity index (χ0v) is 16.5. The molecule has 4 aromatic rings. The van der Waals surface area contributed by atoms with Gasteiger partial charge in [0.05, 0.1) is 11.9 Å². The van der Waals surface area contributed by atoms with Gasteiger partial charge in [0, 0.05) is 30.3 Å². The molecule has 1 N–H and O–H groups in total. The number of carbonyl (C=O) groups excluding carboxylic acids is 1. The minimum Gasteiger partial charge on any atom is -0.484 e. The quantitative estimate of drug-likeness (QED) is 0.480. The van der Waals surface area contributed by atoms with E-state index in [1.54, 1.807) is 23.0 Å². The Morgan fingerprint density at radius 2 is 2.00 bits per heavy atom. The molecule has 1 amide bonds. The summed E-state index contributed by atoms with van der Waals surface area (Å²) in [6, 6.07) is 16.5. The maximum Gasteiger partial charge on any atom is 0.336 e. The van der Waals surface area contributed by atoms with E-state index in [9.17, 15) is 9.59 Å². The van der Waals surface area contributed by atoms with Crippen LogP contribution in [0.25, 0.3) is 16.7 Å². The molecule has 7 nitrogen and oxygen atoms in total. The topological polar surface area (TPSA) is 86.4 Å². The number of fused-ring (bicyclic) bond motifs is 1. The SMILES string of the molecule is Cc1cc(=O)oc2cc(OCC(=O)NCCc3cnn(-c4ccccc4)c3)ccc12. The third-order valence-electron chi connectivity index (χ3n) is 4.69. The number of rotatable bonds is 7. The molecule has 0 aliphatic heterocycles. The van der Waals surface area contributed by atoms with Crippen LogP contribution in [0.5, 0.6) is 5.75 Å². The summed E-state index contributed by atoms with van der Waals surface area (Å²) in [4.78, 5) is 23.6. The Morgan fingerprint density at radius 1 is 1.17 bits per heavy atom. The second-order valence-corrected chi connectivity index (χ2v) is 6.92. The van der Waals surface area contributed by atoms with Gasteiger partial charge in [0.15, 0.2) is 6.61 Å². The summed E-state index contributed by atoms with van der Waals surface area (Å²) in [6.45, 7) is 2.20. The van der Waals surface area contributed by atoms with Gasteiger partial charge < -0.3 is 14.5 Å². The van der Waals surface area contributed by atoms with Gasteiger partial charge in [0.25, 0.3) is 5.91 Å². The first kappa shape index (κ1) is 19.4. The number of aromatic nitrogens is 2. The summed E-state index contributed by atoms with van der Waals surface area (Å²) in [5.74, 6) is 0.242. The molecule has 0 aliphatic carbocycles. The van der Waals surface area contributed by atoms with Crippen molar-refractivity contribution < 1.29 is 13.9 Å². The molecule has 0 bridgehead atoms. The Bertz CT molecular complexity index is 1230. The summed E-state index contributed by atoms with van der Waals surface area (Å²) in [6.07, 6.45) is 4.41. The molecular weight excluding hydrogens is 382 g/mol. The van der Waals surface area contributed by atoms with E-state index in [4.69, 9.17) is 9.15 Å². The van der Waals surface area contributed by atoms with Gasteiger partial charge in [0.2, 0.25) is 0 Å². The number of ether oxygens (including phenoxy) is 1. The molecule has 30 heavy (non-hydrogen) atoms. The van der Waals surface area contributed by atoms with Crippen molar-refractivity contribution in [3.8, 4) is 11.4 Å². The Hall–Kier alpha value is -3.87. The fraction of sp³-hybridized carbons (Fsp3) is 0.174. The van der Waals surface area contributed by atoms with Crippen LogP contribution in [0, 0.1) is 6.92 Å². The second-order valence-electron chi connectivity index (χ2n) is 6.92. The van der Waals surface area contributed by atoms with Crippen molar-refractivity contribution in [2.75, 3.05) is 13.2 Å². The lowest BCUT2D eigenvalue weighted by Gasteiger charge is -2.08. The fourth-order valence-electron chi connectivity index (χ4n) is 3.15. The summed E-state index contributed by atoms with van der Waals surface area (Å²) in [5, 5.41) is 8.01. The highest BCUT2D eigenvalue weighted by Crippen LogP contribution is 2.22. The average Bonchev–Trinajstić information content (AvgIpc) is 3.21. The van der Waals surface area contributed by atoms with E-state index in [1.165, 1.54) is 6.07 Å². The molecule has 152 valence electrons. The molecule has 0 saturated heterocycles. The van der Waals surface area contributed by atoms with E-state index in [0.717, 1.165) is 22.2 Å². The van der Waals surface area contributed by atoms with Gasteiger partial charge in [-0.15, -0.1) is 0 Å². The van der Waals surface area contributed by atoms with Gasteiger partial charge in [-0.1, -0.05) is 18.2 Å². The van der Waals surface area contributed by atoms with Crippen molar-refractivity contribution >= 4 is 16.9 Å². The van der Waals surface area contributed by atoms with E-state index in [1.807, 2.05) is 49.5 Å². The van der Waals surface area contributed by atoms with E-state index < -0.39 is 5.63 Å². The summed E-state index contributed by atoms with van der Waals surface area (Å²) >= 11 is 0. The molecule has 0 spiro atoms. The molecule has 2 aromatic carbocycles. The van der Waals surface area contributed by atoms with Gasteiger partial charge in [-0.05, 0) is 48.7 Å². The van der Waals surface area contributed by atoms with Gasteiger partial charge >= 0.3 is 5.63 Å². The van der Waals surface area contributed by atoms with Gasteiger partial charge in [-0.25, -0.2) is 9.48 Å². The lowest BCUT2D eigenvalue weighted by molar-refractivity contribution is -0.123.